The van der Waals surface area contributed by atoms with Crippen molar-refractivity contribution < 1.29 is 38.5 Å². The van der Waals surface area contributed by atoms with Crippen LogP contribution in [0.25, 0.3) is 0 Å². The molecule has 10 heteroatoms. The lowest BCUT2D eigenvalue weighted by atomic mass is 9.89. The lowest BCUT2D eigenvalue weighted by molar-refractivity contribution is -0.160. The highest BCUT2D eigenvalue weighted by Crippen LogP contribution is 2.31. The first-order valence-corrected chi connectivity index (χ1v) is 11.4. The lowest BCUT2D eigenvalue weighted by Gasteiger charge is -2.39. The van der Waals surface area contributed by atoms with Gasteiger partial charge in [0.15, 0.2) is 11.9 Å². The Morgan fingerprint density at radius 1 is 1.29 bits per heavy atom. The van der Waals surface area contributed by atoms with E-state index in [-0.39, 0.29) is 12.6 Å². The molecule has 0 aliphatic carbocycles. The first-order chi connectivity index (χ1) is 16.7. The van der Waals surface area contributed by atoms with Crippen LogP contribution < -0.4 is 4.74 Å². The van der Waals surface area contributed by atoms with Crippen molar-refractivity contribution in [3.05, 3.63) is 42.5 Å². The lowest BCUT2D eigenvalue weighted by Crippen LogP contribution is -2.55. The summed E-state index contributed by atoms with van der Waals surface area (Å²) >= 11 is 0. The second-order valence-corrected chi connectivity index (χ2v) is 8.37. The Balaban J connectivity index is 2.30. The van der Waals surface area contributed by atoms with Gasteiger partial charge >= 0.3 is 11.9 Å². The number of ketones is 1. The largest absolute Gasteiger partial charge is 0.497 e. The number of ether oxygens (including phenoxy) is 3. The number of oxime groups is 1. The number of esters is 2. The van der Waals surface area contributed by atoms with Crippen LogP contribution in [0, 0.1) is 0 Å². The van der Waals surface area contributed by atoms with E-state index >= 15 is 0 Å². The standard InChI is InChI=1S/C25H34N2O8/c1-6-20(29)21(15-28)35-22(30)16-34-26-23(17-10-12-18(32-5)13-11-17)25(3,4)27-14-8-9-19(27)24(31)33-7-2/h6,10-13,19,21,28H,1,7-9,14-16H2,2-5H3. The number of likely N-dealkylation sites (tertiary alicyclic amines) is 1. The Hall–Kier alpha value is -3.24. The van der Waals surface area contributed by atoms with Gasteiger partial charge in [0.2, 0.25) is 6.61 Å². The molecule has 0 amide bonds. The van der Waals surface area contributed by atoms with E-state index in [2.05, 4.69) is 11.7 Å². The van der Waals surface area contributed by atoms with Gasteiger partial charge in [-0.15, -0.1) is 0 Å². The zero-order chi connectivity index (χ0) is 26.0. The predicted octanol–water partition coefficient (Wildman–Crippen LogP) is 1.88. The summed E-state index contributed by atoms with van der Waals surface area (Å²) in [7, 11) is 1.56. The van der Waals surface area contributed by atoms with Crippen molar-refractivity contribution in [3.63, 3.8) is 0 Å². The van der Waals surface area contributed by atoms with Crippen LogP contribution in [0.4, 0.5) is 0 Å². The van der Waals surface area contributed by atoms with Gasteiger partial charge in [-0.05, 0) is 70.5 Å². The minimum atomic E-state index is -1.35. The highest BCUT2D eigenvalue weighted by atomic mass is 16.7. The average Bonchev–Trinajstić information content (AvgIpc) is 3.36. The quantitative estimate of drug-likeness (QED) is 0.191. The van der Waals surface area contributed by atoms with E-state index in [9.17, 15) is 19.5 Å². The third-order valence-corrected chi connectivity index (χ3v) is 5.77. The normalized spacial score (nSPS) is 17.4. The van der Waals surface area contributed by atoms with Gasteiger partial charge in [-0.2, -0.15) is 0 Å². The van der Waals surface area contributed by atoms with Crippen molar-refractivity contribution >= 4 is 23.4 Å². The smallest absolute Gasteiger partial charge is 0.347 e. The number of hydrogen-bond acceptors (Lipinski definition) is 10. The van der Waals surface area contributed by atoms with Crippen LogP contribution in [0.5, 0.6) is 5.75 Å². The SMILES string of the molecule is C=CC(=O)C(CO)OC(=O)CON=C(c1ccc(OC)cc1)C(C)(C)N1CCCC1C(=O)OCC. The maximum Gasteiger partial charge on any atom is 0.347 e. The molecule has 1 heterocycles. The molecule has 1 fully saturated rings. The molecular formula is C25H34N2O8. The second-order valence-electron chi connectivity index (χ2n) is 8.37. The van der Waals surface area contributed by atoms with Crippen molar-refractivity contribution in [2.45, 2.75) is 51.3 Å². The Morgan fingerprint density at radius 3 is 2.54 bits per heavy atom. The minimum Gasteiger partial charge on any atom is -0.497 e. The first kappa shape index (κ1) is 28.0. The predicted molar refractivity (Wildman–Crippen MR) is 128 cm³/mol. The maximum atomic E-state index is 12.6. The van der Waals surface area contributed by atoms with E-state index in [1.54, 1.807) is 38.3 Å². The van der Waals surface area contributed by atoms with E-state index in [1.165, 1.54) is 0 Å². The minimum absolute atomic E-state index is 0.289. The molecule has 1 saturated heterocycles. The molecule has 1 aromatic rings. The van der Waals surface area contributed by atoms with Crippen molar-refractivity contribution in [1.82, 2.24) is 4.90 Å². The highest BCUT2D eigenvalue weighted by molar-refractivity contribution is 6.07. The molecule has 0 bridgehead atoms. The van der Waals surface area contributed by atoms with Crippen LogP contribution in [0.1, 0.15) is 39.2 Å². The molecular weight excluding hydrogens is 456 g/mol. The molecule has 2 unspecified atom stereocenters. The third kappa shape index (κ3) is 7.12. The Kier molecular flexibility index (Phi) is 10.4. The number of hydrogen-bond donors (Lipinski definition) is 1. The zero-order valence-corrected chi connectivity index (χ0v) is 20.7. The third-order valence-electron chi connectivity index (χ3n) is 5.77. The molecule has 2 rings (SSSR count). The fraction of sp³-hybridized carbons (Fsp3) is 0.520. The van der Waals surface area contributed by atoms with Gasteiger partial charge in [0.05, 0.1) is 25.9 Å². The van der Waals surface area contributed by atoms with Crippen LogP contribution in [0.2, 0.25) is 0 Å². The topological polar surface area (TPSA) is 124 Å². The molecule has 0 radical (unpaired) electrons. The zero-order valence-electron chi connectivity index (χ0n) is 20.7. The Bertz CT molecular complexity index is 926. The van der Waals surface area contributed by atoms with Gasteiger partial charge in [-0.25, -0.2) is 4.79 Å². The Labute approximate surface area is 205 Å². The van der Waals surface area contributed by atoms with Gasteiger partial charge in [-0.1, -0.05) is 11.7 Å². The van der Waals surface area contributed by atoms with Crippen LogP contribution in [0.15, 0.2) is 42.1 Å². The summed E-state index contributed by atoms with van der Waals surface area (Å²) in [5, 5.41) is 13.5. The van der Waals surface area contributed by atoms with Crippen LogP contribution in [0.3, 0.4) is 0 Å². The molecule has 10 nitrogen and oxygen atoms in total. The van der Waals surface area contributed by atoms with E-state index in [4.69, 9.17) is 19.0 Å². The molecule has 35 heavy (non-hydrogen) atoms. The number of aliphatic hydroxyl groups is 1. The summed E-state index contributed by atoms with van der Waals surface area (Å²) in [6.07, 6.45) is 1.09. The molecule has 1 aromatic carbocycles. The molecule has 2 atom stereocenters. The van der Waals surface area contributed by atoms with Gasteiger partial charge in [0.1, 0.15) is 17.5 Å². The fourth-order valence-corrected chi connectivity index (χ4v) is 3.98. The Morgan fingerprint density at radius 2 is 1.97 bits per heavy atom. The van der Waals surface area contributed by atoms with Gasteiger partial charge < -0.3 is 24.2 Å². The number of carbonyl (C=O) groups excluding carboxylic acids is 3. The summed E-state index contributed by atoms with van der Waals surface area (Å²) in [4.78, 5) is 43.7. The van der Waals surface area contributed by atoms with Crippen molar-refractivity contribution in [1.29, 1.82) is 0 Å². The molecule has 0 aromatic heterocycles. The number of benzene rings is 1. The summed E-state index contributed by atoms with van der Waals surface area (Å²) in [6.45, 7) is 8.59. The van der Waals surface area contributed by atoms with Crippen molar-refractivity contribution in [2.75, 3.05) is 33.5 Å². The number of carbonyl (C=O) groups is 3. The monoisotopic (exact) mass is 490 g/mol. The summed E-state index contributed by atoms with van der Waals surface area (Å²) in [5.74, 6) is -1.13. The molecule has 1 aliphatic rings. The molecule has 0 saturated carbocycles. The second kappa shape index (κ2) is 13.0. The van der Waals surface area contributed by atoms with Gasteiger partial charge in [0, 0.05) is 5.56 Å². The molecule has 1 N–H and O–H groups in total. The molecule has 192 valence electrons. The van der Waals surface area contributed by atoms with E-state index in [1.807, 2.05) is 18.7 Å². The van der Waals surface area contributed by atoms with Crippen LogP contribution in [-0.4, -0.2) is 84.6 Å². The van der Waals surface area contributed by atoms with Crippen molar-refractivity contribution in [3.8, 4) is 5.75 Å². The summed E-state index contributed by atoms with van der Waals surface area (Å²) in [6, 6.07) is 6.72. The number of methoxy groups -OCH3 is 1. The fourth-order valence-electron chi connectivity index (χ4n) is 3.98. The van der Waals surface area contributed by atoms with Crippen molar-refractivity contribution in [2.24, 2.45) is 5.16 Å². The van der Waals surface area contributed by atoms with Gasteiger partial charge in [0.25, 0.3) is 0 Å². The molecule has 1 aliphatic heterocycles. The first-order valence-electron chi connectivity index (χ1n) is 11.4. The van der Waals surface area contributed by atoms with Crippen LogP contribution in [-0.2, 0) is 28.7 Å². The van der Waals surface area contributed by atoms with E-state index < -0.39 is 42.7 Å². The molecule has 0 spiro atoms. The van der Waals surface area contributed by atoms with E-state index in [0.29, 0.717) is 30.0 Å². The summed E-state index contributed by atoms with van der Waals surface area (Å²) < 4.78 is 15.4. The van der Waals surface area contributed by atoms with Gasteiger partial charge in [-0.3, -0.25) is 14.5 Å². The van der Waals surface area contributed by atoms with E-state index in [0.717, 1.165) is 12.5 Å². The number of aliphatic hydroxyl groups excluding tert-OH is 1. The maximum absolute atomic E-state index is 12.6. The number of rotatable bonds is 13. The number of nitrogens with zero attached hydrogens (tertiary/aromatic N) is 2. The highest BCUT2D eigenvalue weighted by Gasteiger charge is 2.44. The van der Waals surface area contributed by atoms with Crippen LogP contribution >= 0.6 is 0 Å². The summed E-state index contributed by atoms with van der Waals surface area (Å²) in [5.41, 5.74) is 0.401. The average molecular weight is 491 g/mol.